The molecule has 0 aromatic carbocycles. The Kier molecular flexibility index (Phi) is 5.94. The lowest BCUT2D eigenvalue weighted by molar-refractivity contribution is -0.142. The highest BCUT2D eigenvalue weighted by molar-refractivity contribution is 5.80. The lowest BCUT2D eigenvalue weighted by Crippen LogP contribution is -2.41. The maximum absolute atomic E-state index is 12.4. The zero-order chi connectivity index (χ0) is 22.1. The Balaban J connectivity index is 1.32. The number of H-pyrrole nitrogens is 1. The van der Waals surface area contributed by atoms with Crippen LogP contribution in [0, 0.1) is 0 Å². The standard InChI is InChI=1S/C20H28N6O5/c1-23-18-16(19(29)24(2)20(23)30)21-17(22-18)13-5-9-26(10-6-13)15(28)12-31-11-14(27)25-7-3-4-8-25/h13H,3-12H2,1-2H3,(H,21,22). The van der Waals surface area contributed by atoms with Crippen LogP contribution in [-0.4, -0.2) is 80.1 Å². The van der Waals surface area contributed by atoms with Gasteiger partial charge in [0.15, 0.2) is 5.65 Å². The van der Waals surface area contributed by atoms with Gasteiger partial charge in [0.25, 0.3) is 5.56 Å². The fraction of sp³-hybridized carbons (Fsp3) is 0.650. The third-order valence-corrected chi connectivity index (χ3v) is 6.26. The van der Waals surface area contributed by atoms with Crippen LogP contribution < -0.4 is 11.2 Å². The summed E-state index contributed by atoms with van der Waals surface area (Å²) in [4.78, 5) is 60.0. The van der Waals surface area contributed by atoms with Crippen LogP contribution in [0.2, 0.25) is 0 Å². The van der Waals surface area contributed by atoms with Crippen LogP contribution in [0.3, 0.4) is 0 Å². The average Bonchev–Trinajstić information content (AvgIpc) is 3.47. The number of nitrogens with one attached hydrogen (secondary N) is 1. The van der Waals surface area contributed by atoms with Gasteiger partial charge < -0.3 is 19.5 Å². The molecule has 0 atom stereocenters. The number of amides is 2. The lowest BCUT2D eigenvalue weighted by Gasteiger charge is -2.31. The maximum atomic E-state index is 12.4. The fourth-order valence-electron chi connectivity index (χ4n) is 4.31. The molecule has 2 aromatic rings. The Bertz CT molecular complexity index is 1100. The molecule has 1 N–H and O–H groups in total. The number of hydrogen-bond acceptors (Lipinski definition) is 6. The zero-order valence-corrected chi connectivity index (χ0v) is 17.9. The molecule has 2 aromatic heterocycles. The predicted molar refractivity (Wildman–Crippen MR) is 112 cm³/mol. The number of carbonyl (C=O) groups is 2. The van der Waals surface area contributed by atoms with Gasteiger partial charge in [-0.3, -0.25) is 23.5 Å². The van der Waals surface area contributed by atoms with Crippen molar-refractivity contribution < 1.29 is 14.3 Å². The zero-order valence-electron chi connectivity index (χ0n) is 17.9. The number of aromatic amines is 1. The first kappa shape index (κ1) is 21.3. The van der Waals surface area contributed by atoms with Crippen molar-refractivity contribution in [3.05, 3.63) is 26.7 Å². The van der Waals surface area contributed by atoms with Gasteiger partial charge in [-0.15, -0.1) is 0 Å². The van der Waals surface area contributed by atoms with Crippen molar-refractivity contribution in [3.63, 3.8) is 0 Å². The molecule has 0 unspecified atom stereocenters. The van der Waals surface area contributed by atoms with E-state index in [0.717, 1.165) is 30.5 Å². The van der Waals surface area contributed by atoms with E-state index < -0.39 is 11.2 Å². The lowest BCUT2D eigenvalue weighted by atomic mass is 9.96. The number of imidazole rings is 1. The van der Waals surface area contributed by atoms with Gasteiger partial charge in [-0.1, -0.05) is 0 Å². The number of piperidine rings is 1. The highest BCUT2D eigenvalue weighted by atomic mass is 16.5. The number of likely N-dealkylation sites (tertiary alicyclic amines) is 2. The summed E-state index contributed by atoms with van der Waals surface area (Å²) in [5, 5.41) is 0. The largest absolute Gasteiger partial charge is 0.362 e. The number of ether oxygens (including phenoxy) is 1. The van der Waals surface area contributed by atoms with Crippen molar-refractivity contribution >= 4 is 23.0 Å². The molecule has 0 radical (unpaired) electrons. The first-order chi connectivity index (χ1) is 14.9. The number of nitrogens with zero attached hydrogens (tertiary/aromatic N) is 5. The molecule has 11 nitrogen and oxygen atoms in total. The Labute approximate surface area is 178 Å². The minimum Gasteiger partial charge on any atom is -0.362 e. The monoisotopic (exact) mass is 432 g/mol. The van der Waals surface area contributed by atoms with Gasteiger partial charge in [-0.2, -0.15) is 0 Å². The summed E-state index contributed by atoms with van der Waals surface area (Å²) in [6.45, 7) is 2.46. The quantitative estimate of drug-likeness (QED) is 0.667. The van der Waals surface area contributed by atoms with Gasteiger partial charge in [-0.25, -0.2) is 9.78 Å². The molecule has 4 heterocycles. The Morgan fingerprint density at radius 3 is 2.16 bits per heavy atom. The van der Waals surface area contributed by atoms with E-state index >= 15 is 0 Å². The molecule has 0 spiro atoms. The maximum Gasteiger partial charge on any atom is 0.332 e. The first-order valence-electron chi connectivity index (χ1n) is 10.7. The molecule has 11 heteroatoms. The van der Waals surface area contributed by atoms with Crippen LogP contribution in [0.4, 0.5) is 0 Å². The molecule has 2 aliphatic heterocycles. The average molecular weight is 432 g/mol. The summed E-state index contributed by atoms with van der Waals surface area (Å²) in [5.41, 5.74) is -0.156. The number of aromatic nitrogens is 4. The van der Waals surface area contributed by atoms with Crippen molar-refractivity contribution in [2.75, 3.05) is 39.4 Å². The summed E-state index contributed by atoms with van der Waals surface area (Å²) < 4.78 is 7.77. The highest BCUT2D eigenvalue weighted by Crippen LogP contribution is 2.27. The number of hydrogen-bond donors (Lipinski definition) is 1. The van der Waals surface area contributed by atoms with Crippen LogP contribution >= 0.6 is 0 Å². The predicted octanol–water partition coefficient (Wildman–Crippen LogP) is -0.695. The van der Waals surface area contributed by atoms with Crippen LogP contribution in [-0.2, 0) is 28.4 Å². The van der Waals surface area contributed by atoms with E-state index in [9.17, 15) is 19.2 Å². The molecular formula is C20H28N6O5. The number of aryl methyl sites for hydroxylation is 1. The molecule has 31 heavy (non-hydrogen) atoms. The molecule has 0 bridgehead atoms. The summed E-state index contributed by atoms with van der Waals surface area (Å²) >= 11 is 0. The molecule has 2 fully saturated rings. The van der Waals surface area contributed by atoms with Crippen molar-refractivity contribution in [1.82, 2.24) is 28.9 Å². The minimum absolute atomic E-state index is 0.0606. The van der Waals surface area contributed by atoms with Crippen molar-refractivity contribution in [2.24, 2.45) is 14.1 Å². The van der Waals surface area contributed by atoms with Gasteiger partial charge in [-0.05, 0) is 25.7 Å². The Morgan fingerprint density at radius 2 is 1.55 bits per heavy atom. The van der Waals surface area contributed by atoms with E-state index in [1.54, 1.807) is 16.8 Å². The van der Waals surface area contributed by atoms with E-state index in [1.807, 2.05) is 0 Å². The second-order valence-corrected chi connectivity index (χ2v) is 8.26. The van der Waals surface area contributed by atoms with E-state index in [-0.39, 0.29) is 30.9 Å². The Morgan fingerprint density at radius 1 is 0.968 bits per heavy atom. The Hall–Kier alpha value is -2.95. The number of rotatable bonds is 5. The second-order valence-electron chi connectivity index (χ2n) is 8.26. The smallest absolute Gasteiger partial charge is 0.332 e. The molecule has 2 amide bonds. The molecule has 2 aliphatic rings. The van der Waals surface area contributed by atoms with Crippen molar-refractivity contribution in [2.45, 2.75) is 31.6 Å². The van der Waals surface area contributed by atoms with Gasteiger partial charge in [0, 0.05) is 46.2 Å². The first-order valence-corrected chi connectivity index (χ1v) is 10.7. The van der Waals surface area contributed by atoms with Crippen LogP contribution in [0.5, 0.6) is 0 Å². The summed E-state index contributed by atoms with van der Waals surface area (Å²) in [6, 6.07) is 0. The van der Waals surface area contributed by atoms with Crippen molar-refractivity contribution in [1.29, 1.82) is 0 Å². The number of fused-ring (bicyclic) bond motifs is 1. The van der Waals surface area contributed by atoms with Crippen LogP contribution in [0.1, 0.15) is 37.4 Å². The second kappa shape index (κ2) is 8.66. The number of carbonyl (C=O) groups excluding carboxylic acids is 2. The third-order valence-electron chi connectivity index (χ3n) is 6.26. The van der Waals surface area contributed by atoms with Gasteiger partial charge in [0.1, 0.15) is 24.6 Å². The molecule has 0 saturated carbocycles. The van der Waals surface area contributed by atoms with Crippen LogP contribution in [0.15, 0.2) is 9.59 Å². The summed E-state index contributed by atoms with van der Waals surface area (Å²) in [5.74, 6) is 0.532. The van der Waals surface area contributed by atoms with Gasteiger partial charge >= 0.3 is 5.69 Å². The highest BCUT2D eigenvalue weighted by Gasteiger charge is 2.27. The molecule has 168 valence electrons. The van der Waals surface area contributed by atoms with Crippen molar-refractivity contribution in [3.8, 4) is 0 Å². The third kappa shape index (κ3) is 4.14. The SMILES string of the molecule is Cn1c(=O)c2[nH]c(C3CCN(C(=O)COCC(=O)N4CCCC4)CC3)nc2n(C)c1=O. The molecule has 4 rings (SSSR count). The summed E-state index contributed by atoms with van der Waals surface area (Å²) in [7, 11) is 3.03. The minimum atomic E-state index is -0.417. The summed E-state index contributed by atoms with van der Waals surface area (Å²) in [6.07, 6.45) is 3.42. The van der Waals surface area contributed by atoms with Gasteiger partial charge in [0.2, 0.25) is 11.8 Å². The van der Waals surface area contributed by atoms with E-state index in [1.165, 1.54) is 11.6 Å². The topological polar surface area (TPSA) is 123 Å². The molecule has 0 aliphatic carbocycles. The molecule has 2 saturated heterocycles. The van der Waals surface area contributed by atoms with Gasteiger partial charge in [0.05, 0.1) is 0 Å². The molecular weight excluding hydrogens is 404 g/mol. The van der Waals surface area contributed by atoms with E-state index in [4.69, 9.17) is 4.74 Å². The normalized spacial score (nSPS) is 17.6. The fourth-order valence-corrected chi connectivity index (χ4v) is 4.31. The van der Waals surface area contributed by atoms with Crippen LogP contribution in [0.25, 0.3) is 11.2 Å². The van der Waals surface area contributed by atoms with E-state index in [2.05, 4.69) is 9.97 Å². The van der Waals surface area contributed by atoms with E-state index in [0.29, 0.717) is 42.9 Å².